The Morgan fingerprint density at radius 2 is 1.71 bits per heavy atom. The number of alkyl carbamates (subject to hydrolysis) is 1. The molecule has 168 valence electrons. The molecule has 0 aliphatic heterocycles. The molecule has 10 heteroatoms. The molecule has 0 aromatic carbocycles. The van der Waals surface area contributed by atoms with Crippen LogP contribution in [-0.2, 0) is 20.7 Å². The first-order chi connectivity index (χ1) is 14.2. The van der Waals surface area contributed by atoms with Crippen LogP contribution in [0.3, 0.4) is 0 Å². The minimum absolute atomic E-state index is 0.0748. The van der Waals surface area contributed by atoms with Gasteiger partial charge in [0.15, 0.2) is 0 Å². The van der Waals surface area contributed by atoms with E-state index in [1.54, 1.807) is 53.0 Å². The molecule has 0 bridgehead atoms. The van der Waals surface area contributed by atoms with Crippen molar-refractivity contribution in [3.8, 4) is 11.4 Å². The maximum Gasteiger partial charge on any atom is 0.408 e. The highest BCUT2D eigenvalue weighted by Crippen LogP contribution is 2.22. The van der Waals surface area contributed by atoms with Gasteiger partial charge in [0.1, 0.15) is 17.2 Å². The van der Waals surface area contributed by atoms with Gasteiger partial charge in [0.05, 0.1) is 22.0 Å². The number of carboxylic acid groups (broad SMARTS) is 1. The third-order valence-corrected chi connectivity index (χ3v) is 4.46. The van der Waals surface area contributed by atoms with Crippen molar-refractivity contribution in [3.05, 3.63) is 34.3 Å². The Kier molecular flexibility index (Phi) is 7.37. The van der Waals surface area contributed by atoms with Gasteiger partial charge < -0.3 is 19.9 Å². The van der Waals surface area contributed by atoms with Crippen molar-refractivity contribution in [2.45, 2.75) is 65.2 Å². The summed E-state index contributed by atoms with van der Waals surface area (Å²) in [6, 6.07) is 2.01. The average molecular weight is 450 g/mol. The molecule has 0 aliphatic rings. The number of thiazole rings is 1. The van der Waals surface area contributed by atoms with Gasteiger partial charge in [-0.1, -0.05) is 0 Å². The topological polar surface area (TPSA) is 128 Å². The molecule has 0 radical (unpaired) electrons. The molecule has 0 saturated carbocycles. The third-order valence-electron chi connectivity index (χ3n) is 3.59. The Bertz CT molecular complexity index is 941. The number of aromatic nitrogens is 2. The molecule has 2 aromatic heterocycles. The van der Waals surface area contributed by atoms with E-state index in [0.717, 1.165) is 0 Å². The summed E-state index contributed by atoms with van der Waals surface area (Å²) in [4.78, 5) is 44.4. The van der Waals surface area contributed by atoms with Crippen molar-refractivity contribution in [2.75, 3.05) is 0 Å². The summed E-state index contributed by atoms with van der Waals surface area (Å²) < 4.78 is 10.7. The fraction of sp³-hybridized carbons (Fsp3) is 0.476. The van der Waals surface area contributed by atoms with Crippen molar-refractivity contribution < 1.29 is 29.0 Å². The molecular weight excluding hydrogens is 422 g/mol. The van der Waals surface area contributed by atoms with E-state index in [0.29, 0.717) is 16.4 Å². The summed E-state index contributed by atoms with van der Waals surface area (Å²) in [6.07, 6.45) is 0.627. The smallest absolute Gasteiger partial charge is 0.408 e. The number of rotatable bonds is 6. The number of hydrogen-bond donors (Lipinski definition) is 2. The summed E-state index contributed by atoms with van der Waals surface area (Å²) >= 11 is 1.29. The van der Waals surface area contributed by atoms with Gasteiger partial charge >= 0.3 is 18.0 Å². The van der Waals surface area contributed by atoms with Crippen molar-refractivity contribution in [3.63, 3.8) is 0 Å². The molecule has 0 fully saturated rings. The number of amides is 1. The molecule has 1 atom stereocenters. The second-order valence-corrected chi connectivity index (χ2v) is 9.74. The molecule has 9 nitrogen and oxygen atoms in total. The SMILES string of the molecule is CC(C)(C)OC(=O)N[C@@H](Cc1nc(-c2ccc(C(=O)O)cn2)cs1)C(=O)OC(C)(C)C. The zero-order valence-electron chi connectivity index (χ0n) is 18.4. The van der Waals surface area contributed by atoms with Crippen molar-refractivity contribution in [1.82, 2.24) is 15.3 Å². The normalized spacial score (nSPS) is 12.7. The summed E-state index contributed by atoms with van der Waals surface area (Å²) in [5, 5.41) is 13.9. The number of hydrogen-bond acceptors (Lipinski definition) is 8. The molecule has 0 aliphatic carbocycles. The van der Waals surface area contributed by atoms with E-state index >= 15 is 0 Å². The lowest BCUT2D eigenvalue weighted by Gasteiger charge is -2.26. The summed E-state index contributed by atoms with van der Waals surface area (Å²) in [6.45, 7) is 10.4. The highest BCUT2D eigenvalue weighted by molar-refractivity contribution is 7.10. The Hall–Kier alpha value is -3.01. The first kappa shape index (κ1) is 24.3. The van der Waals surface area contributed by atoms with Gasteiger partial charge in [0, 0.05) is 18.0 Å². The maximum absolute atomic E-state index is 12.7. The van der Waals surface area contributed by atoms with Crippen LogP contribution in [0.2, 0.25) is 0 Å². The minimum Gasteiger partial charge on any atom is -0.478 e. The van der Waals surface area contributed by atoms with E-state index in [2.05, 4.69) is 15.3 Å². The molecule has 2 rings (SSSR count). The minimum atomic E-state index is -1.06. The number of pyridine rings is 1. The number of nitrogens with zero attached hydrogens (tertiary/aromatic N) is 2. The quantitative estimate of drug-likeness (QED) is 0.639. The van der Waals surface area contributed by atoms with Crippen LogP contribution in [0.1, 0.15) is 56.9 Å². The number of carbonyl (C=O) groups excluding carboxylic acids is 2. The average Bonchev–Trinajstić information content (AvgIpc) is 3.06. The second-order valence-electron chi connectivity index (χ2n) is 8.80. The molecular formula is C21H27N3O6S. The van der Waals surface area contributed by atoms with Crippen LogP contribution < -0.4 is 5.32 Å². The van der Waals surface area contributed by atoms with Crippen LogP contribution in [0.4, 0.5) is 4.79 Å². The van der Waals surface area contributed by atoms with Crippen LogP contribution in [0.25, 0.3) is 11.4 Å². The predicted octanol–water partition coefficient (Wildman–Crippen LogP) is 3.68. The molecule has 2 aromatic rings. The molecule has 2 N–H and O–H groups in total. The van der Waals surface area contributed by atoms with E-state index in [4.69, 9.17) is 14.6 Å². The van der Waals surface area contributed by atoms with E-state index in [-0.39, 0.29) is 12.0 Å². The Morgan fingerprint density at radius 1 is 1.06 bits per heavy atom. The van der Waals surface area contributed by atoms with Crippen molar-refractivity contribution >= 4 is 29.4 Å². The maximum atomic E-state index is 12.7. The number of esters is 1. The number of ether oxygens (including phenoxy) is 2. The van der Waals surface area contributed by atoms with Crippen LogP contribution in [0, 0.1) is 0 Å². The van der Waals surface area contributed by atoms with Crippen molar-refractivity contribution in [1.29, 1.82) is 0 Å². The predicted molar refractivity (Wildman–Crippen MR) is 115 cm³/mol. The van der Waals surface area contributed by atoms with Gasteiger partial charge in [-0.05, 0) is 53.7 Å². The van der Waals surface area contributed by atoms with Gasteiger partial charge in [-0.2, -0.15) is 0 Å². The first-order valence-electron chi connectivity index (χ1n) is 9.60. The molecule has 0 saturated heterocycles. The summed E-state index contributed by atoms with van der Waals surface area (Å²) in [5.74, 6) is -1.66. The zero-order chi connectivity index (χ0) is 23.4. The van der Waals surface area contributed by atoms with E-state index < -0.39 is 35.3 Å². The van der Waals surface area contributed by atoms with Crippen LogP contribution >= 0.6 is 11.3 Å². The molecule has 1 amide bonds. The fourth-order valence-corrected chi connectivity index (χ4v) is 3.22. The van der Waals surface area contributed by atoms with Gasteiger partial charge in [-0.25, -0.2) is 19.4 Å². The Labute approximate surface area is 184 Å². The number of carbonyl (C=O) groups is 3. The number of nitrogens with one attached hydrogen (secondary N) is 1. The van der Waals surface area contributed by atoms with Gasteiger partial charge in [0.2, 0.25) is 0 Å². The Balaban J connectivity index is 2.18. The van der Waals surface area contributed by atoms with Gasteiger partial charge in [-0.15, -0.1) is 11.3 Å². The molecule has 0 unspecified atom stereocenters. The monoisotopic (exact) mass is 449 g/mol. The highest BCUT2D eigenvalue weighted by Gasteiger charge is 2.29. The van der Waals surface area contributed by atoms with E-state index in [1.807, 2.05) is 0 Å². The van der Waals surface area contributed by atoms with Crippen LogP contribution in [-0.4, -0.2) is 50.4 Å². The standard InChI is InChI=1S/C21H27N3O6S/c1-20(2,3)29-18(27)14(24-19(28)30-21(4,5)6)9-16-23-15(11-31-16)13-8-7-12(10-22-13)17(25)26/h7-8,10-11,14H,9H2,1-6H3,(H,24,28)(H,25,26)/t14-/m0/s1. The highest BCUT2D eigenvalue weighted by atomic mass is 32.1. The molecule has 31 heavy (non-hydrogen) atoms. The molecule has 0 spiro atoms. The second kappa shape index (κ2) is 9.42. The van der Waals surface area contributed by atoms with Crippen LogP contribution in [0.15, 0.2) is 23.7 Å². The lowest BCUT2D eigenvalue weighted by molar-refractivity contribution is -0.157. The zero-order valence-corrected chi connectivity index (χ0v) is 19.2. The summed E-state index contributed by atoms with van der Waals surface area (Å²) in [7, 11) is 0. The largest absolute Gasteiger partial charge is 0.478 e. The van der Waals surface area contributed by atoms with Crippen LogP contribution in [0.5, 0.6) is 0 Å². The first-order valence-corrected chi connectivity index (χ1v) is 10.5. The molecule has 2 heterocycles. The Morgan fingerprint density at radius 3 is 2.23 bits per heavy atom. The lowest BCUT2D eigenvalue weighted by atomic mass is 10.1. The third kappa shape index (κ3) is 7.97. The van der Waals surface area contributed by atoms with Gasteiger partial charge in [0.25, 0.3) is 0 Å². The lowest BCUT2D eigenvalue weighted by Crippen LogP contribution is -2.47. The number of carboxylic acids is 1. The van der Waals surface area contributed by atoms with E-state index in [1.165, 1.54) is 23.6 Å². The number of aromatic carboxylic acids is 1. The summed E-state index contributed by atoms with van der Waals surface area (Å²) in [5.41, 5.74) is -0.330. The van der Waals surface area contributed by atoms with Crippen molar-refractivity contribution in [2.24, 2.45) is 0 Å². The van der Waals surface area contributed by atoms with Gasteiger partial charge in [-0.3, -0.25) is 4.98 Å². The fourth-order valence-electron chi connectivity index (χ4n) is 2.38. The van der Waals surface area contributed by atoms with E-state index in [9.17, 15) is 14.4 Å².